The van der Waals surface area contributed by atoms with Crippen LogP contribution in [0.15, 0.2) is 18.2 Å². The van der Waals surface area contributed by atoms with Crippen molar-refractivity contribution in [2.24, 2.45) is 0 Å². The van der Waals surface area contributed by atoms with Crippen LogP contribution in [-0.2, 0) is 9.59 Å². The van der Waals surface area contributed by atoms with Gasteiger partial charge in [-0.05, 0) is 45.3 Å². The maximum absolute atomic E-state index is 13.2. The molecule has 0 fully saturated rings. The van der Waals surface area contributed by atoms with Crippen molar-refractivity contribution in [3.05, 3.63) is 29.0 Å². The molecule has 0 aliphatic carbocycles. The van der Waals surface area contributed by atoms with E-state index in [0.29, 0.717) is 12.2 Å². The maximum atomic E-state index is 13.2. The number of benzene rings is 1. The van der Waals surface area contributed by atoms with E-state index in [9.17, 15) is 14.0 Å². The van der Waals surface area contributed by atoms with Gasteiger partial charge in [-0.3, -0.25) is 9.59 Å². The predicted octanol–water partition coefficient (Wildman–Crippen LogP) is 2.29. The lowest BCUT2D eigenvalue weighted by Crippen LogP contribution is -2.34. The monoisotopic (exact) mass is 343 g/mol. The molecule has 5 nitrogen and oxygen atoms in total. The zero-order valence-electron chi connectivity index (χ0n) is 13.7. The predicted molar refractivity (Wildman–Crippen MR) is 90.2 cm³/mol. The van der Waals surface area contributed by atoms with Gasteiger partial charge >= 0.3 is 0 Å². The van der Waals surface area contributed by atoms with Crippen molar-refractivity contribution in [1.29, 1.82) is 0 Å². The Hall–Kier alpha value is -1.66. The van der Waals surface area contributed by atoms with Gasteiger partial charge in [-0.1, -0.05) is 11.6 Å². The zero-order valence-corrected chi connectivity index (χ0v) is 14.5. The fourth-order valence-electron chi connectivity index (χ4n) is 2.05. The Morgan fingerprint density at radius 3 is 2.52 bits per heavy atom. The summed E-state index contributed by atoms with van der Waals surface area (Å²) in [4.78, 5) is 27.0. The van der Waals surface area contributed by atoms with Crippen molar-refractivity contribution in [3.63, 3.8) is 0 Å². The highest BCUT2D eigenvalue weighted by molar-refractivity contribution is 6.31. The van der Waals surface area contributed by atoms with Crippen LogP contribution in [0, 0.1) is 5.82 Å². The number of amides is 2. The van der Waals surface area contributed by atoms with E-state index in [1.54, 1.807) is 0 Å². The summed E-state index contributed by atoms with van der Waals surface area (Å²) < 4.78 is 13.2. The van der Waals surface area contributed by atoms with E-state index in [1.807, 2.05) is 19.0 Å². The minimum Gasteiger partial charge on any atom is -0.356 e. The number of nitrogens with one attached hydrogen (secondary N) is 1. The normalized spacial score (nSPS) is 10.7. The first kappa shape index (κ1) is 19.4. The molecule has 1 aromatic rings. The van der Waals surface area contributed by atoms with Crippen molar-refractivity contribution in [2.45, 2.75) is 19.8 Å². The molecule has 0 heterocycles. The van der Waals surface area contributed by atoms with Crippen LogP contribution in [0.5, 0.6) is 0 Å². The molecule has 23 heavy (non-hydrogen) atoms. The molecule has 0 saturated carbocycles. The number of carbonyl (C=O) groups is 2. The van der Waals surface area contributed by atoms with E-state index in [1.165, 1.54) is 30.0 Å². The van der Waals surface area contributed by atoms with Crippen molar-refractivity contribution < 1.29 is 14.0 Å². The van der Waals surface area contributed by atoms with Gasteiger partial charge in [-0.25, -0.2) is 4.39 Å². The van der Waals surface area contributed by atoms with Gasteiger partial charge in [0.2, 0.25) is 11.8 Å². The molecule has 0 aliphatic heterocycles. The summed E-state index contributed by atoms with van der Waals surface area (Å²) in [7, 11) is 3.95. The molecule has 1 rings (SSSR count). The van der Waals surface area contributed by atoms with Crippen LogP contribution < -0.4 is 10.2 Å². The molecule has 128 valence electrons. The lowest BCUT2D eigenvalue weighted by atomic mass is 10.2. The molecule has 0 unspecified atom stereocenters. The lowest BCUT2D eigenvalue weighted by Gasteiger charge is -2.21. The summed E-state index contributed by atoms with van der Waals surface area (Å²) in [6.45, 7) is 3.11. The van der Waals surface area contributed by atoms with Gasteiger partial charge < -0.3 is 15.1 Å². The Bertz CT molecular complexity index is 552. The standard InChI is InChI=1S/C16H23ClFN3O2/c1-12(22)21(13-5-6-15(18)14(17)11-13)10-7-16(23)19-8-4-9-20(2)3/h5-6,11H,4,7-10H2,1-3H3,(H,19,23). The number of anilines is 1. The fraction of sp³-hybridized carbons (Fsp3) is 0.500. The van der Waals surface area contributed by atoms with E-state index in [2.05, 4.69) is 5.32 Å². The second kappa shape index (κ2) is 9.47. The Balaban J connectivity index is 2.52. The topological polar surface area (TPSA) is 52.7 Å². The van der Waals surface area contributed by atoms with Crippen LogP contribution in [0.25, 0.3) is 0 Å². The van der Waals surface area contributed by atoms with Gasteiger partial charge in [0.15, 0.2) is 0 Å². The van der Waals surface area contributed by atoms with E-state index in [0.717, 1.165) is 13.0 Å². The summed E-state index contributed by atoms with van der Waals surface area (Å²) in [6.07, 6.45) is 1.04. The fourth-order valence-corrected chi connectivity index (χ4v) is 2.22. The maximum Gasteiger partial charge on any atom is 0.223 e. The lowest BCUT2D eigenvalue weighted by molar-refractivity contribution is -0.121. The SMILES string of the molecule is CC(=O)N(CCC(=O)NCCCN(C)C)c1ccc(F)c(Cl)c1. The molecule has 2 amide bonds. The van der Waals surface area contributed by atoms with Gasteiger partial charge in [-0.15, -0.1) is 0 Å². The Kier molecular flexibility index (Phi) is 7.98. The van der Waals surface area contributed by atoms with Crippen molar-refractivity contribution in [3.8, 4) is 0 Å². The van der Waals surface area contributed by atoms with E-state index >= 15 is 0 Å². The highest BCUT2D eigenvalue weighted by Crippen LogP contribution is 2.23. The minimum atomic E-state index is -0.544. The van der Waals surface area contributed by atoms with Crippen LogP contribution in [0.1, 0.15) is 19.8 Å². The van der Waals surface area contributed by atoms with Gasteiger partial charge in [0, 0.05) is 32.1 Å². The summed E-state index contributed by atoms with van der Waals surface area (Å²) in [5.41, 5.74) is 0.476. The number of hydrogen-bond acceptors (Lipinski definition) is 3. The van der Waals surface area contributed by atoms with Crippen LogP contribution in [0.3, 0.4) is 0 Å². The molecule has 0 radical (unpaired) electrons. The molecule has 1 N–H and O–H groups in total. The third-order valence-corrected chi connectivity index (χ3v) is 3.55. The Morgan fingerprint density at radius 2 is 1.96 bits per heavy atom. The average molecular weight is 344 g/mol. The minimum absolute atomic E-state index is 0.0538. The third-order valence-electron chi connectivity index (χ3n) is 3.26. The number of rotatable bonds is 8. The summed E-state index contributed by atoms with van der Waals surface area (Å²) in [5.74, 6) is -0.895. The van der Waals surface area contributed by atoms with Crippen LogP contribution in [-0.4, -0.2) is 50.4 Å². The quantitative estimate of drug-likeness (QED) is 0.737. The highest BCUT2D eigenvalue weighted by Gasteiger charge is 2.14. The largest absolute Gasteiger partial charge is 0.356 e. The number of nitrogens with zero attached hydrogens (tertiary/aromatic N) is 2. The van der Waals surface area contributed by atoms with E-state index in [-0.39, 0.29) is 29.8 Å². The molecule has 0 saturated heterocycles. The first-order valence-electron chi connectivity index (χ1n) is 7.46. The molecule has 0 atom stereocenters. The molecule has 1 aromatic carbocycles. The van der Waals surface area contributed by atoms with Gasteiger partial charge in [0.25, 0.3) is 0 Å². The Labute approximate surface area is 141 Å². The van der Waals surface area contributed by atoms with Crippen LogP contribution in [0.4, 0.5) is 10.1 Å². The summed E-state index contributed by atoms with van der Waals surface area (Å²) in [5, 5.41) is 2.76. The summed E-state index contributed by atoms with van der Waals surface area (Å²) >= 11 is 5.74. The Morgan fingerprint density at radius 1 is 1.26 bits per heavy atom. The molecule has 0 bridgehead atoms. The first-order valence-corrected chi connectivity index (χ1v) is 7.83. The van der Waals surface area contributed by atoms with Gasteiger partial charge in [0.05, 0.1) is 5.02 Å². The van der Waals surface area contributed by atoms with Crippen molar-refractivity contribution in [2.75, 3.05) is 38.6 Å². The molecule has 0 aliphatic rings. The van der Waals surface area contributed by atoms with Gasteiger partial charge in [-0.2, -0.15) is 0 Å². The number of halogens is 2. The molecule has 0 spiro atoms. The molecular formula is C16H23ClFN3O2. The number of carbonyl (C=O) groups excluding carboxylic acids is 2. The van der Waals surface area contributed by atoms with Crippen molar-refractivity contribution in [1.82, 2.24) is 10.2 Å². The first-order chi connectivity index (χ1) is 10.8. The van der Waals surface area contributed by atoms with Crippen LogP contribution >= 0.6 is 11.6 Å². The average Bonchev–Trinajstić information content (AvgIpc) is 2.47. The van der Waals surface area contributed by atoms with Gasteiger partial charge in [0.1, 0.15) is 5.82 Å². The molecule has 0 aromatic heterocycles. The summed E-state index contributed by atoms with van der Waals surface area (Å²) in [6, 6.07) is 4.06. The van der Waals surface area contributed by atoms with Crippen molar-refractivity contribution >= 4 is 29.1 Å². The van der Waals surface area contributed by atoms with Crippen LogP contribution in [0.2, 0.25) is 5.02 Å². The molecule has 7 heteroatoms. The smallest absolute Gasteiger partial charge is 0.223 e. The number of hydrogen-bond donors (Lipinski definition) is 1. The second-order valence-electron chi connectivity index (χ2n) is 5.53. The highest BCUT2D eigenvalue weighted by atomic mass is 35.5. The zero-order chi connectivity index (χ0) is 17.4. The van der Waals surface area contributed by atoms with E-state index < -0.39 is 5.82 Å². The van der Waals surface area contributed by atoms with E-state index in [4.69, 9.17) is 11.6 Å². The second-order valence-corrected chi connectivity index (χ2v) is 5.93. The third kappa shape index (κ3) is 6.97. The molecular weight excluding hydrogens is 321 g/mol.